The topological polar surface area (TPSA) is 72.6 Å². The summed E-state index contributed by atoms with van der Waals surface area (Å²) in [7, 11) is 0. The molecule has 0 saturated heterocycles. The van der Waals surface area contributed by atoms with Crippen LogP contribution >= 0.6 is 0 Å². The van der Waals surface area contributed by atoms with Gasteiger partial charge in [0, 0.05) is 22.4 Å². The van der Waals surface area contributed by atoms with Gasteiger partial charge in [-0.2, -0.15) is 0 Å². The van der Waals surface area contributed by atoms with Gasteiger partial charge >= 0.3 is 5.63 Å². The lowest BCUT2D eigenvalue weighted by Crippen LogP contribution is -2.06. The van der Waals surface area contributed by atoms with E-state index in [9.17, 15) is 4.79 Å². The maximum atomic E-state index is 12.7. The summed E-state index contributed by atoms with van der Waals surface area (Å²) in [6.45, 7) is 0. The molecule has 0 amide bonds. The summed E-state index contributed by atoms with van der Waals surface area (Å²) < 4.78 is 12.0. The maximum Gasteiger partial charge on any atom is 0.363 e. The van der Waals surface area contributed by atoms with Gasteiger partial charge < -0.3 is 14.3 Å². The molecule has 8 aromatic rings. The number of phenolic OH excluding ortho intramolecular Hbond substituents is 1. The Morgan fingerprint density at radius 1 is 0.581 bits per heavy atom. The predicted molar refractivity (Wildman–Crippen MR) is 173 cm³/mol. The summed E-state index contributed by atoms with van der Waals surface area (Å²) in [4.78, 5) is 17.4. The van der Waals surface area contributed by atoms with Crippen molar-refractivity contribution in [1.82, 2.24) is 4.98 Å². The fourth-order valence-corrected chi connectivity index (χ4v) is 5.20. The summed E-state index contributed by atoms with van der Waals surface area (Å²) in [5.41, 5.74) is 1.57. The van der Waals surface area contributed by atoms with E-state index < -0.39 is 5.63 Å². The highest BCUT2D eigenvalue weighted by Gasteiger charge is 2.15. The number of ether oxygens (including phenoxy) is 1. The zero-order valence-corrected chi connectivity index (χ0v) is 23.0. The zero-order chi connectivity index (χ0) is 29.2. The highest BCUT2D eigenvalue weighted by Crippen LogP contribution is 2.36. The van der Waals surface area contributed by atoms with Gasteiger partial charge in [-0.15, -0.1) is 0 Å². The summed E-state index contributed by atoms with van der Waals surface area (Å²) in [6.07, 6.45) is 0. The van der Waals surface area contributed by atoms with Gasteiger partial charge in [-0.1, -0.05) is 115 Å². The molecule has 0 fully saturated rings. The van der Waals surface area contributed by atoms with Crippen molar-refractivity contribution in [2.24, 2.45) is 0 Å². The first-order valence-corrected chi connectivity index (χ1v) is 13.9. The Hall–Kier alpha value is -5.94. The molecule has 5 nitrogen and oxygen atoms in total. The Balaban J connectivity index is 0.000000229. The number of aromatic hydroxyl groups is 1. The van der Waals surface area contributed by atoms with Gasteiger partial charge in [-0.25, -0.2) is 9.78 Å². The van der Waals surface area contributed by atoms with Crippen LogP contribution in [0.1, 0.15) is 0 Å². The van der Waals surface area contributed by atoms with Crippen LogP contribution in [0, 0.1) is 0 Å². The summed E-state index contributed by atoms with van der Waals surface area (Å²) >= 11 is 0. The quantitative estimate of drug-likeness (QED) is 0.218. The van der Waals surface area contributed by atoms with Crippen molar-refractivity contribution in [2.45, 2.75) is 0 Å². The molecule has 0 atom stereocenters. The Bertz CT molecular complexity index is 2310. The van der Waals surface area contributed by atoms with E-state index in [0.29, 0.717) is 34.0 Å². The molecule has 0 aliphatic rings. The first-order chi connectivity index (χ1) is 21.1. The number of aromatic nitrogens is 1. The second kappa shape index (κ2) is 11.1. The van der Waals surface area contributed by atoms with Crippen molar-refractivity contribution in [1.29, 1.82) is 0 Å². The fourth-order valence-electron chi connectivity index (χ4n) is 5.20. The van der Waals surface area contributed by atoms with Crippen molar-refractivity contribution in [3.63, 3.8) is 0 Å². The first-order valence-electron chi connectivity index (χ1n) is 13.9. The third-order valence-electron chi connectivity index (χ3n) is 7.29. The van der Waals surface area contributed by atoms with E-state index in [4.69, 9.17) is 19.2 Å². The summed E-state index contributed by atoms with van der Waals surface area (Å²) in [5, 5.41) is 15.4. The summed E-state index contributed by atoms with van der Waals surface area (Å²) in [5.74, 6) is 1.65. The molecule has 0 unspecified atom stereocenters. The van der Waals surface area contributed by atoms with Crippen LogP contribution in [-0.2, 0) is 0 Å². The number of fused-ring (bicyclic) bond motifs is 5. The molecule has 1 aromatic heterocycles. The van der Waals surface area contributed by atoms with Crippen LogP contribution in [0.4, 0.5) is 0 Å². The van der Waals surface area contributed by atoms with E-state index in [1.807, 2.05) is 115 Å². The Morgan fingerprint density at radius 2 is 1.19 bits per heavy atom. The van der Waals surface area contributed by atoms with Gasteiger partial charge in [0.15, 0.2) is 11.3 Å². The van der Waals surface area contributed by atoms with Crippen molar-refractivity contribution in [3.8, 4) is 28.5 Å². The van der Waals surface area contributed by atoms with E-state index >= 15 is 0 Å². The van der Waals surface area contributed by atoms with Crippen LogP contribution < -0.4 is 10.4 Å². The SMILES string of the molecule is O=c1oc2cc(Oc3ccc4ccccc4c3)c3ccccc3c2nc1-c1ccccc1.Oc1ccc2ccccc2c1. The number of phenols is 1. The highest BCUT2D eigenvalue weighted by atomic mass is 16.5. The molecule has 0 bridgehead atoms. The van der Waals surface area contributed by atoms with Crippen LogP contribution in [0.2, 0.25) is 0 Å². The lowest BCUT2D eigenvalue weighted by Gasteiger charge is -2.12. The number of benzene rings is 7. The molecule has 0 spiro atoms. The number of hydrogen-bond acceptors (Lipinski definition) is 5. The van der Waals surface area contributed by atoms with Crippen molar-refractivity contribution in [2.75, 3.05) is 0 Å². The number of nitrogens with zero attached hydrogens (tertiary/aromatic N) is 1. The minimum atomic E-state index is -0.476. The normalized spacial score (nSPS) is 11.0. The average Bonchev–Trinajstić information content (AvgIpc) is 3.05. The molecule has 0 aliphatic heterocycles. The van der Waals surface area contributed by atoms with Gasteiger partial charge in [0.2, 0.25) is 0 Å². The molecule has 43 heavy (non-hydrogen) atoms. The Kier molecular flexibility index (Phi) is 6.74. The van der Waals surface area contributed by atoms with Crippen LogP contribution in [0.25, 0.3) is 54.7 Å². The lowest BCUT2D eigenvalue weighted by atomic mass is 10.1. The monoisotopic (exact) mass is 559 g/mol. The van der Waals surface area contributed by atoms with Crippen LogP contribution in [0.3, 0.4) is 0 Å². The van der Waals surface area contributed by atoms with Crippen molar-refractivity contribution >= 4 is 43.4 Å². The lowest BCUT2D eigenvalue weighted by molar-refractivity contribution is 0.476. The predicted octanol–water partition coefficient (Wildman–Crippen LogP) is 9.50. The first kappa shape index (κ1) is 26.0. The van der Waals surface area contributed by atoms with Crippen LogP contribution in [-0.4, -0.2) is 10.1 Å². The molecule has 7 aromatic carbocycles. The van der Waals surface area contributed by atoms with E-state index in [-0.39, 0.29) is 0 Å². The number of hydrogen-bond donors (Lipinski definition) is 1. The highest BCUT2D eigenvalue weighted by molar-refractivity contribution is 6.07. The Morgan fingerprint density at radius 3 is 1.93 bits per heavy atom. The molecular weight excluding hydrogens is 534 g/mol. The van der Waals surface area contributed by atoms with Crippen molar-refractivity contribution < 1.29 is 14.3 Å². The molecule has 0 saturated carbocycles. The molecule has 8 rings (SSSR count). The van der Waals surface area contributed by atoms with Gasteiger partial charge in [0.1, 0.15) is 22.8 Å². The molecule has 0 aliphatic carbocycles. The Labute approximate surface area is 246 Å². The van der Waals surface area contributed by atoms with Gasteiger partial charge in [-0.3, -0.25) is 0 Å². The van der Waals surface area contributed by atoms with Gasteiger partial charge in [0.25, 0.3) is 0 Å². The third kappa shape index (κ3) is 5.27. The van der Waals surface area contributed by atoms with E-state index in [0.717, 1.165) is 37.9 Å². The van der Waals surface area contributed by atoms with Crippen LogP contribution in [0.15, 0.2) is 155 Å². The smallest absolute Gasteiger partial charge is 0.363 e. The molecule has 206 valence electrons. The largest absolute Gasteiger partial charge is 0.508 e. The van der Waals surface area contributed by atoms with Gasteiger partial charge in [-0.05, 0) is 45.8 Å². The average molecular weight is 560 g/mol. The molecule has 1 N–H and O–H groups in total. The minimum Gasteiger partial charge on any atom is -0.508 e. The zero-order valence-electron chi connectivity index (χ0n) is 23.0. The standard InChI is InChI=1S/C28H17NO3.C10H8O/c30-28-26(19-9-2-1-3-10-19)29-27-23-13-7-6-12-22(23)24(17-25(27)32-28)31-21-15-14-18-8-4-5-11-20(18)16-21;11-10-6-5-8-3-1-2-4-9(8)7-10/h1-17H;1-7,11H. The summed E-state index contributed by atoms with van der Waals surface area (Å²) in [6, 6.07) is 46.4. The van der Waals surface area contributed by atoms with E-state index in [2.05, 4.69) is 12.1 Å². The molecule has 1 heterocycles. The molecule has 5 heteroatoms. The number of rotatable bonds is 3. The van der Waals surface area contributed by atoms with Crippen LogP contribution in [0.5, 0.6) is 17.2 Å². The second-order valence-corrected chi connectivity index (χ2v) is 10.1. The molecule has 0 radical (unpaired) electrons. The van der Waals surface area contributed by atoms with Crippen molar-refractivity contribution in [3.05, 3.63) is 156 Å². The second-order valence-electron chi connectivity index (χ2n) is 10.1. The van der Waals surface area contributed by atoms with E-state index in [1.165, 1.54) is 0 Å². The molecular formula is C38H25NO4. The van der Waals surface area contributed by atoms with E-state index in [1.54, 1.807) is 18.2 Å². The minimum absolute atomic E-state index is 0.298. The van der Waals surface area contributed by atoms with Gasteiger partial charge in [0.05, 0.1) is 0 Å². The maximum absolute atomic E-state index is 12.7. The third-order valence-corrected chi connectivity index (χ3v) is 7.29. The fraction of sp³-hybridized carbons (Fsp3) is 0.